The molecule has 0 radical (unpaired) electrons. The largest absolute Gasteiger partial charge is 0.491 e. The van der Waals surface area contributed by atoms with Gasteiger partial charge in [-0.25, -0.2) is 4.98 Å². The van der Waals surface area contributed by atoms with E-state index in [0.717, 1.165) is 22.7 Å². The number of halogens is 1. The van der Waals surface area contributed by atoms with Crippen molar-refractivity contribution in [1.29, 1.82) is 0 Å². The van der Waals surface area contributed by atoms with Crippen molar-refractivity contribution in [3.05, 3.63) is 52.4 Å². The predicted octanol–water partition coefficient (Wildman–Crippen LogP) is 2.98. The molecule has 0 fully saturated rings. The highest BCUT2D eigenvalue weighted by atomic mass is 131. The first kappa shape index (κ1) is 13.4. The summed E-state index contributed by atoms with van der Waals surface area (Å²) in [5.41, 5.74) is 2.90. The second-order valence-electron chi connectivity index (χ2n) is 4.34. The van der Waals surface area contributed by atoms with Crippen molar-refractivity contribution >= 4 is 28.2 Å². The van der Waals surface area contributed by atoms with E-state index in [2.05, 4.69) is 27.6 Å². The summed E-state index contributed by atoms with van der Waals surface area (Å²) in [6.07, 6.45) is 4.06. The molecule has 4 nitrogen and oxygen atoms in total. The molecule has 0 saturated heterocycles. The molecule has 1 aromatic carbocycles. The van der Waals surface area contributed by atoms with Gasteiger partial charge in [-0.2, -0.15) is 0 Å². The molecule has 0 unspecified atom stereocenters. The number of aliphatic hydroxyl groups is 1. The topological polar surface area (TPSA) is 46.8 Å². The SMILES string of the molecule is OCCOc1ccc(-c2cn3cc([131I])ccc3n2)cc1. The molecule has 3 rings (SSSR count). The van der Waals surface area contributed by atoms with Crippen LogP contribution in [-0.2, 0) is 0 Å². The van der Waals surface area contributed by atoms with Crippen LogP contribution in [0.2, 0.25) is 0 Å². The van der Waals surface area contributed by atoms with E-state index in [1.165, 1.54) is 3.57 Å². The Balaban J connectivity index is 1.90. The first-order valence-electron chi connectivity index (χ1n) is 6.24. The van der Waals surface area contributed by atoms with Gasteiger partial charge in [0.2, 0.25) is 0 Å². The second-order valence-corrected chi connectivity index (χ2v) is 5.58. The Bertz CT molecular complexity index is 722. The number of imidazole rings is 1. The monoisotopic (exact) mass is 384 g/mol. The molecule has 0 bridgehead atoms. The van der Waals surface area contributed by atoms with Crippen LogP contribution in [0.5, 0.6) is 5.75 Å². The summed E-state index contributed by atoms with van der Waals surface area (Å²) in [6, 6.07) is 11.8. The predicted molar refractivity (Wildman–Crippen MR) is 85.9 cm³/mol. The molecule has 0 aliphatic carbocycles. The third kappa shape index (κ3) is 2.78. The molecule has 5 heteroatoms. The minimum absolute atomic E-state index is 0.0207. The van der Waals surface area contributed by atoms with Crippen LogP contribution in [0, 0.1) is 3.57 Å². The van der Waals surface area contributed by atoms with Gasteiger partial charge in [0.15, 0.2) is 0 Å². The third-order valence-corrected chi connectivity index (χ3v) is 3.56. The van der Waals surface area contributed by atoms with Gasteiger partial charge in [0.05, 0.1) is 12.3 Å². The van der Waals surface area contributed by atoms with Crippen LogP contribution < -0.4 is 4.74 Å². The highest BCUT2D eigenvalue weighted by Crippen LogP contribution is 2.22. The molecule has 3 aromatic rings. The molecule has 20 heavy (non-hydrogen) atoms. The Hall–Kier alpha value is -1.60. The zero-order chi connectivity index (χ0) is 13.9. The summed E-state index contributed by atoms with van der Waals surface area (Å²) in [5.74, 6) is 0.751. The zero-order valence-corrected chi connectivity index (χ0v) is 12.8. The lowest BCUT2D eigenvalue weighted by Gasteiger charge is -2.04. The lowest BCUT2D eigenvalue weighted by Crippen LogP contribution is -2.01. The number of nitrogens with zero attached hydrogens (tertiary/aromatic N) is 2. The fraction of sp³-hybridized carbons (Fsp3) is 0.133. The number of hydrogen-bond acceptors (Lipinski definition) is 3. The smallest absolute Gasteiger partial charge is 0.137 e. The lowest BCUT2D eigenvalue weighted by molar-refractivity contribution is 0.201. The summed E-state index contributed by atoms with van der Waals surface area (Å²) < 4.78 is 8.54. The fourth-order valence-electron chi connectivity index (χ4n) is 1.99. The van der Waals surface area contributed by atoms with E-state index in [9.17, 15) is 0 Å². The Labute approximate surface area is 130 Å². The molecule has 0 spiro atoms. The first-order chi connectivity index (χ1) is 9.76. The van der Waals surface area contributed by atoms with E-state index < -0.39 is 0 Å². The van der Waals surface area contributed by atoms with Gasteiger partial charge in [-0.1, -0.05) is 0 Å². The van der Waals surface area contributed by atoms with Crippen molar-refractivity contribution in [2.75, 3.05) is 13.2 Å². The summed E-state index contributed by atoms with van der Waals surface area (Å²) in [5, 5.41) is 8.72. The maximum absolute atomic E-state index is 8.72. The fourth-order valence-corrected chi connectivity index (χ4v) is 2.47. The number of ether oxygens (including phenoxy) is 1. The van der Waals surface area contributed by atoms with Gasteiger partial charge >= 0.3 is 0 Å². The number of fused-ring (bicyclic) bond motifs is 1. The van der Waals surface area contributed by atoms with Gasteiger partial charge in [0.25, 0.3) is 0 Å². The van der Waals surface area contributed by atoms with Gasteiger partial charge in [0, 0.05) is 21.5 Å². The molecule has 2 aromatic heterocycles. The van der Waals surface area contributed by atoms with E-state index in [4.69, 9.17) is 9.84 Å². The number of benzene rings is 1. The van der Waals surface area contributed by atoms with Crippen LogP contribution in [0.15, 0.2) is 48.8 Å². The number of pyridine rings is 1. The van der Waals surface area contributed by atoms with Crippen molar-refractivity contribution in [2.45, 2.75) is 0 Å². The number of hydrogen-bond donors (Lipinski definition) is 1. The number of aliphatic hydroxyl groups excluding tert-OH is 1. The van der Waals surface area contributed by atoms with Gasteiger partial charge in [-0.15, -0.1) is 0 Å². The lowest BCUT2D eigenvalue weighted by atomic mass is 10.2. The average Bonchev–Trinajstić information content (AvgIpc) is 2.88. The Morgan fingerprint density at radius 2 is 1.90 bits per heavy atom. The van der Waals surface area contributed by atoms with Crippen molar-refractivity contribution in [3.8, 4) is 17.0 Å². The zero-order valence-electron chi connectivity index (χ0n) is 10.7. The molecule has 0 aliphatic rings. The summed E-state index contributed by atoms with van der Waals surface area (Å²) in [7, 11) is 0. The van der Waals surface area contributed by atoms with E-state index >= 15 is 0 Å². The molecule has 0 amide bonds. The standard InChI is InChI=1S/C15H13IN2O2/c16-12-3-6-15-17-14(10-18(15)9-12)11-1-4-13(5-2-11)20-8-7-19/h1-6,9-10,19H,7-8H2/i16+4. The molecule has 1 N–H and O–H groups in total. The third-order valence-electron chi connectivity index (χ3n) is 2.93. The van der Waals surface area contributed by atoms with Gasteiger partial charge < -0.3 is 14.2 Å². The second kappa shape index (κ2) is 5.80. The van der Waals surface area contributed by atoms with Crippen LogP contribution in [0.25, 0.3) is 16.9 Å². The van der Waals surface area contributed by atoms with Crippen LogP contribution in [-0.4, -0.2) is 27.7 Å². The maximum atomic E-state index is 8.72. The van der Waals surface area contributed by atoms with Crippen molar-refractivity contribution in [1.82, 2.24) is 9.38 Å². The van der Waals surface area contributed by atoms with Gasteiger partial charge in [-0.05, 0) is 59.0 Å². The highest BCUT2D eigenvalue weighted by Gasteiger charge is 2.05. The molecule has 2 heterocycles. The van der Waals surface area contributed by atoms with Crippen LogP contribution in [0.3, 0.4) is 0 Å². The van der Waals surface area contributed by atoms with Crippen molar-refractivity contribution in [2.24, 2.45) is 0 Å². The average molecular weight is 384 g/mol. The highest BCUT2D eigenvalue weighted by molar-refractivity contribution is 14.1. The van der Waals surface area contributed by atoms with E-state index in [-0.39, 0.29) is 6.61 Å². The van der Waals surface area contributed by atoms with E-state index in [1.807, 2.05) is 53.2 Å². The summed E-state index contributed by atoms with van der Waals surface area (Å²) >= 11 is 2.28. The molecular formula is C15H13IN2O2. The van der Waals surface area contributed by atoms with Crippen molar-refractivity contribution in [3.63, 3.8) is 0 Å². The van der Waals surface area contributed by atoms with Gasteiger partial charge in [-0.3, -0.25) is 0 Å². The number of aromatic nitrogens is 2. The molecule has 102 valence electrons. The van der Waals surface area contributed by atoms with Crippen LogP contribution >= 0.6 is 22.6 Å². The molecular weight excluding hydrogens is 371 g/mol. The Morgan fingerprint density at radius 3 is 2.65 bits per heavy atom. The molecule has 0 atom stereocenters. The first-order valence-corrected chi connectivity index (χ1v) is 7.32. The van der Waals surface area contributed by atoms with Crippen LogP contribution in [0.1, 0.15) is 0 Å². The molecule has 0 aliphatic heterocycles. The van der Waals surface area contributed by atoms with E-state index in [1.54, 1.807) is 0 Å². The minimum Gasteiger partial charge on any atom is -0.491 e. The van der Waals surface area contributed by atoms with Crippen molar-refractivity contribution < 1.29 is 9.84 Å². The normalized spacial score (nSPS) is 10.9. The quantitative estimate of drug-likeness (QED) is 0.704. The number of rotatable bonds is 4. The Morgan fingerprint density at radius 1 is 1.10 bits per heavy atom. The molecule has 0 saturated carbocycles. The summed E-state index contributed by atoms with van der Waals surface area (Å²) in [6.45, 7) is 0.332. The van der Waals surface area contributed by atoms with Crippen LogP contribution in [0.4, 0.5) is 0 Å². The maximum Gasteiger partial charge on any atom is 0.137 e. The minimum atomic E-state index is 0.0207. The van der Waals surface area contributed by atoms with Gasteiger partial charge in [0.1, 0.15) is 18.0 Å². The Kier molecular flexibility index (Phi) is 3.88. The van der Waals surface area contributed by atoms with E-state index in [0.29, 0.717) is 6.61 Å². The summed E-state index contributed by atoms with van der Waals surface area (Å²) in [4.78, 5) is 4.59.